The van der Waals surface area contributed by atoms with E-state index in [1.165, 1.54) is 18.2 Å². The first-order chi connectivity index (χ1) is 9.15. The van der Waals surface area contributed by atoms with Crippen LogP contribution in [0.2, 0.25) is 0 Å². The first-order valence-corrected chi connectivity index (χ1v) is 5.67. The molecule has 19 heavy (non-hydrogen) atoms. The molecule has 0 radical (unpaired) electrons. The quantitative estimate of drug-likeness (QED) is 0.823. The van der Waals surface area contributed by atoms with Gasteiger partial charge >= 0.3 is 11.9 Å². The molecule has 0 saturated heterocycles. The second kappa shape index (κ2) is 5.97. The Morgan fingerprint density at radius 3 is 2.68 bits per heavy atom. The van der Waals surface area contributed by atoms with Gasteiger partial charge in [-0.1, -0.05) is 18.2 Å². The highest BCUT2D eigenvalue weighted by molar-refractivity contribution is 5.89. The van der Waals surface area contributed by atoms with Gasteiger partial charge in [-0.05, 0) is 24.3 Å². The second-order valence-corrected chi connectivity index (χ2v) is 3.86. The summed E-state index contributed by atoms with van der Waals surface area (Å²) in [4.78, 5) is 22.4. The van der Waals surface area contributed by atoms with E-state index in [0.29, 0.717) is 5.56 Å². The lowest BCUT2D eigenvalue weighted by molar-refractivity contribution is -0.132. The number of hydrogen-bond donors (Lipinski definition) is 1. The molecule has 5 nitrogen and oxygen atoms in total. The smallest absolute Gasteiger partial charge is 0.338 e. The van der Waals surface area contributed by atoms with Crippen molar-refractivity contribution in [3.05, 3.63) is 59.9 Å². The highest BCUT2D eigenvalue weighted by atomic mass is 16.5. The molecule has 98 valence electrons. The number of allylic oxidation sites excluding steroid dienone is 1. The average Bonchev–Trinajstić information content (AvgIpc) is 2.82. The molecule has 5 heteroatoms. The lowest BCUT2D eigenvalue weighted by Gasteiger charge is -2.08. The number of ether oxygens (including phenoxy) is 2. The monoisotopic (exact) mass is 260 g/mol. The van der Waals surface area contributed by atoms with Crippen molar-refractivity contribution in [2.75, 3.05) is 6.61 Å². The Hall–Kier alpha value is -2.40. The fourth-order valence-electron chi connectivity index (χ4n) is 1.48. The lowest BCUT2D eigenvalue weighted by Crippen LogP contribution is -2.17. The highest BCUT2D eigenvalue weighted by Gasteiger charge is 2.13. The predicted molar refractivity (Wildman–Crippen MR) is 66.0 cm³/mol. The van der Waals surface area contributed by atoms with Gasteiger partial charge in [-0.25, -0.2) is 9.59 Å². The SMILES string of the molecule is O=C1C=C/C(=C/[C@@H](O)COC(=O)c2ccccc2)O1. The maximum absolute atomic E-state index is 11.6. The molecule has 0 aromatic heterocycles. The van der Waals surface area contributed by atoms with Crippen LogP contribution in [0.15, 0.2) is 54.3 Å². The number of aliphatic hydroxyl groups excluding tert-OH is 1. The summed E-state index contributed by atoms with van der Waals surface area (Å²) >= 11 is 0. The van der Waals surface area contributed by atoms with Gasteiger partial charge in [0, 0.05) is 6.08 Å². The Morgan fingerprint density at radius 1 is 1.32 bits per heavy atom. The van der Waals surface area contributed by atoms with Gasteiger partial charge in [-0.3, -0.25) is 0 Å². The predicted octanol–water partition coefficient (Wildman–Crippen LogP) is 1.20. The summed E-state index contributed by atoms with van der Waals surface area (Å²) in [6, 6.07) is 8.47. The number of carbonyl (C=O) groups excluding carboxylic acids is 2. The molecule has 2 rings (SSSR count). The molecule has 0 amide bonds. The van der Waals surface area contributed by atoms with Gasteiger partial charge in [0.05, 0.1) is 5.56 Å². The molecular weight excluding hydrogens is 248 g/mol. The third-order valence-corrected chi connectivity index (χ3v) is 2.35. The van der Waals surface area contributed by atoms with Gasteiger partial charge in [0.2, 0.25) is 0 Å². The average molecular weight is 260 g/mol. The van der Waals surface area contributed by atoms with Crippen molar-refractivity contribution in [2.45, 2.75) is 6.10 Å². The molecule has 0 bridgehead atoms. The normalized spacial score (nSPS) is 17.3. The summed E-state index contributed by atoms with van der Waals surface area (Å²) in [7, 11) is 0. The summed E-state index contributed by atoms with van der Waals surface area (Å²) < 4.78 is 9.66. The molecule has 0 unspecified atom stereocenters. The second-order valence-electron chi connectivity index (χ2n) is 3.86. The van der Waals surface area contributed by atoms with Crippen LogP contribution in [0.3, 0.4) is 0 Å². The molecule has 0 fully saturated rings. The van der Waals surface area contributed by atoms with E-state index in [2.05, 4.69) is 0 Å². The minimum Gasteiger partial charge on any atom is -0.459 e. The van der Waals surface area contributed by atoms with Gasteiger partial charge in [0.25, 0.3) is 0 Å². The van der Waals surface area contributed by atoms with Crippen molar-refractivity contribution < 1.29 is 24.2 Å². The third kappa shape index (κ3) is 3.79. The molecule has 1 atom stereocenters. The Bertz CT molecular complexity index is 530. The molecule has 1 heterocycles. The zero-order valence-electron chi connectivity index (χ0n) is 9.98. The zero-order chi connectivity index (χ0) is 13.7. The largest absolute Gasteiger partial charge is 0.459 e. The van der Waals surface area contributed by atoms with E-state index in [1.807, 2.05) is 0 Å². The van der Waals surface area contributed by atoms with E-state index >= 15 is 0 Å². The Morgan fingerprint density at radius 2 is 2.05 bits per heavy atom. The van der Waals surface area contributed by atoms with Crippen LogP contribution >= 0.6 is 0 Å². The fourth-order valence-corrected chi connectivity index (χ4v) is 1.48. The van der Waals surface area contributed by atoms with Crippen LogP contribution in [0, 0.1) is 0 Å². The van der Waals surface area contributed by atoms with Crippen molar-refractivity contribution in [2.24, 2.45) is 0 Å². The third-order valence-electron chi connectivity index (χ3n) is 2.35. The van der Waals surface area contributed by atoms with Crippen LogP contribution in [0.25, 0.3) is 0 Å². The molecule has 0 spiro atoms. The summed E-state index contributed by atoms with van der Waals surface area (Å²) in [5, 5.41) is 9.61. The topological polar surface area (TPSA) is 72.8 Å². The van der Waals surface area contributed by atoms with Crippen molar-refractivity contribution in [3.63, 3.8) is 0 Å². The fraction of sp³-hybridized carbons (Fsp3) is 0.143. The number of carbonyl (C=O) groups is 2. The van der Waals surface area contributed by atoms with E-state index in [0.717, 1.165) is 0 Å². The lowest BCUT2D eigenvalue weighted by atomic mass is 10.2. The number of aliphatic hydroxyl groups is 1. The van der Waals surface area contributed by atoms with Crippen LogP contribution in [0.5, 0.6) is 0 Å². The maximum Gasteiger partial charge on any atom is 0.338 e. The van der Waals surface area contributed by atoms with E-state index in [1.54, 1.807) is 30.3 Å². The van der Waals surface area contributed by atoms with Crippen molar-refractivity contribution in [3.8, 4) is 0 Å². The maximum atomic E-state index is 11.6. The molecular formula is C14H12O5. The molecule has 0 aliphatic carbocycles. The number of rotatable bonds is 4. The van der Waals surface area contributed by atoms with E-state index in [4.69, 9.17) is 9.47 Å². The summed E-state index contributed by atoms with van der Waals surface area (Å²) in [5.74, 6) is -0.759. The van der Waals surface area contributed by atoms with Gasteiger partial charge < -0.3 is 14.6 Å². The minimum absolute atomic E-state index is 0.206. The number of cyclic esters (lactones) is 1. The summed E-state index contributed by atoms with van der Waals surface area (Å²) in [6.07, 6.45) is 2.96. The Balaban J connectivity index is 1.84. The summed E-state index contributed by atoms with van der Waals surface area (Å²) in [5.41, 5.74) is 0.412. The minimum atomic E-state index is -1.03. The highest BCUT2D eigenvalue weighted by Crippen LogP contribution is 2.10. The number of benzene rings is 1. The molecule has 1 aliphatic rings. The number of esters is 2. The zero-order valence-corrected chi connectivity index (χ0v) is 9.98. The van der Waals surface area contributed by atoms with Crippen molar-refractivity contribution in [1.29, 1.82) is 0 Å². The first kappa shape index (κ1) is 13.0. The van der Waals surface area contributed by atoms with E-state index in [9.17, 15) is 14.7 Å². The molecule has 1 aromatic carbocycles. The molecule has 1 aromatic rings. The van der Waals surface area contributed by atoms with Crippen LogP contribution in [0.4, 0.5) is 0 Å². The standard InChI is InChI=1S/C14H12O5/c15-11(8-12-6-7-13(16)19-12)9-18-14(17)10-4-2-1-3-5-10/h1-8,11,15H,9H2/b12-8-/t11-/m1/s1. The Labute approximate surface area is 109 Å². The van der Waals surface area contributed by atoms with Gasteiger partial charge in [0.1, 0.15) is 18.5 Å². The molecule has 0 saturated carbocycles. The van der Waals surface area contributed by atoms with Crippen molar-refractivity contribution >= 4 is 11.9 Å². The first-order valence-electron chi connectivity index (χ1n) is 5.67. The number of hydrogen-bond acceptors (Lipinski definition) is 5. The van der Waals surface area contributed by atoms with Crippen LogP contribution in [0.1, 0.15) is 10.4 Å². The van der Waals surface area contributed by atoms with Crippen LogP contribution in [-0.4, -0.2) is 29.8 Å². The molecule has 1 N–H and O–H groups in total. The summed E-state index contributed by atoms with van der Waals surface area (Å²) in [6.45, 7) is -0.206. The van der Waals surface area contributed by atoms with Gasteiger partial charge in [0.15, 0.2) is 0 Å². The van der Waals surface area contributed by atoms with Gasteiger partial charge in [-0.15, -0.1) is 0 Å². The van der Waals surface area contributed by atoms with E-state index < -0.39 is 18.0 Å². The van der Waals surface area contributed by atoms with Crippen LogP contribution in [-0.2, 0) is 14.3 Å². The van der Waals surface area contributed by atoms with E-state index in [-0.39, 0.29) is 12.4 Å². The van der Waals surface area contributed by atoms with Crippen LogP contribution < -0.4 is 0 Å². The van der Waals surface area contributed by atoms with Gasteiger partial charge in [-0.2, -0.15) is 0 Å². The molecule has 1 aliphatic heterocycles. The van der Waals surface area contributed by atoms with Crippen molar-refractivity contribution in [1.82, 2.24) is 0 Å². The Kier molecular flexibility index (Phi) is 4.10.